The maximum Gasteiger partial charge on any atom is 0.345 e. The van der Waals surface area contributed by atoms with E-state index < -0.39 is 26.3 Å². The van der Waals surface area contributed by atoms with Gasteiger partial charge in [0, 0.05) is 44.1 Å². The highest BCUT2D eigenvalue weighted by atomic mass is 32.2. The van der Waals surface area contributed by atoms with E-state index in [1.54, 1.807) is 6.07 Å². The van der Waals surface area contributed by atoms with E-state index in [4.69, 9.17) is 0 Å². The van der Waals surface area contributed by atoms with Crippen LogP contribution in [0.5, 0.6) is 5.75 Å². The van der Waals surface area contributed by atoms with Crippen LogP contribution < -0.4 is 25.0 Å². The molecule has 1 atom stereocenters. The Kier molecular flexibility index (Phi) is 8.10. The van der Waals surface area contributed by atoms with Crippen LogP contribution >= 0.6 is 0 Å². The number of benzene rings is 2. The molecule has 0 saturated carbocycles. The summed E-state index contributed by atoms with van der Waals surface area (Å²) >= 11 is 0. The molecule has 206 valence electrons. The Balaban J connectivity index is 1.27. The molecule has 13 nitrogen and oxygen atoms in total. The van der Waals surface area contributed by atoms with Crippen molar-refractivity contribution in [3.8, 4) is 5.75 Å². The van der Waals surface area contributed by atoms with E-state index >= 15 is 0 Å². The van der Waals surface area contributed by atoms with Crippen LogP contribution in [0.4, 0.5) is 17.1 Å². The summed E-state index contributed by atoms with van der Waals surface area (Å²) in [5, 5.41) is 26.8. The molecule has 0 unspecified atom stereocenters. The highest BCUT2D eigenvalue weighted by Gasteiger charge is 2.26. The summed E-state index contributed by atoms with van der Waals surface area (Å²) in [6.45, 7) is 1.90. The van der Waals surface area contributed by atoms with Crippen molar-refractivity contribution in [2.45, 2.75) is 25.0 Å². The Morgan fingerprint density at radius 3 is 2.50 bits per heavy atom. The van der Waals surface area contributed by atoms with Gasteiger partial charge in [0.1, 0.15) is 5.75 Å². The number of amidine groups is 2. The van der Waals surface area contributed by atoms with Gasteiger partial charge in [0.15, 0.2) is 11.7 Å². The van der Waals surface area contributed by atoms with Gasteiger partial charge in [-0.25, -0.2) is 13.1 Å². The average Bonchev–Trinajstić information content (AvgIpc) is 3.17. The number of nitrogens with one attached hydrogen (secondary N) is 4. The molecule has 4 rings (SSSR count). The molecule has 0 aliphatic carbocycles. The fourth-order valence-corrected chi connectivity index (χ4v) is 5.68. The Morgan fingerprint density at radius 2 is 1.87 bits per heavy atom. The maximum atomic E-state index is 11.6. The number of aliphatic hydroxyl groups is 1. The van der Waals surface area contributed by atoms with Crippen molar-refractivity contribution < 1.29 is 27.0 Å². The molecule has 1 fully saturated rings. The van der Waals surface area contributed by atoms with Crippen LogP contribution in [-0.2, 0) is 20.2 Å². The van der Waals surface area contributed by atoms with E-state index in [2.05, 4.69) is 34.4 Å². The van der Waals surface area contributed by atoms with Gasteiger partial charge < -0.3 is 25.7 Å². The van der Waals surface area contributed by atoms with Crippen molar-refractivity contribution in [3.05, 3.63) is 48.0 Å². The minimum absolute atomic E-state index is 0.0236. The third-order valence-corrected chi connectivity index (χ3v) is 7.64. The molecule has 0 spiro atoms. The molecule has 6 N–H and O–H groups in total. The van der Waals surface area contributed by atoms with Gasteiger partial charge in [-0.15, -0.1) is 4.40 Å². The van der Waals surface area contributed by atoms with E-state index in [9.17, 15) is 27.0 Å². The Bertz CT molecular complexity index is 1440. The van der Waals surface area contributed by atoms with Gasteiger partial charge in [-0.05, 0) is 54.8 Å². The number of aromatic hydroxyl groups is 1. The first-order valence-electron chi connectivity index (χ1n) is 11.9. The molecule has 2 aromatic carbocycles. The van der Waals surface area contributed by atoms with Crippen LogP contribution in [0.15, 0.2) is 51.9 Å². The lowest BCUT2D eigenvalue weighted by molar-refractivity contribution is 0.167. The monoisotopic (exact) mass is 565 g/mol. The van der Waals surface area contributed by atoms with Crippen molar-refractivity contribution in [2.75, 3.05) is 47.9 Å². The number of hydrogen-bond donors (Lipinski definition) is 6. The fourth-order valence-electron chi connectivity index (χ4n) is 4.26. The lowest BCUT2D eigenvalue weighted by Crippen LogP contribution is -2.43. The van der Waals surface area contributed by atoms with E-state index in [-0.39, 0.29) is 35.7 Å². The van der Waals surface area contributed by atoms with Gasteiger partial charge >= 0.3 is 10.2 Å². The van der Waals surface area contributed by atoms with Crippen molar-refractivity contribution >= 4 is 49.0 Å². The summed E-state index contributed by atoms with van der Waals surface area (Å²) < 4.78 is 54.4. The minimum atomic E-state index is -3.76. The molecule has 0 amide bonds. The lowest BCUT2D eigenvalue weighted by atomic mass is 10.0. The van der Waals surface area contributed by atoms with Gasteiger partial charge in [-0.1, -0.05) is 6.07 Å². The highest BCUT2D eigenvalue weighted by molar-refractivity contribution is 7.92. The molecule has 2 heterocycles. The Hall–Kier alpha value is -3.40. The van der Waals surface area contributed by atoms with Gasteiger partial charge in [-0.3, -0.25) is 9.71 Å². The molecule has 2 aliphatic rings. The zero-order chi connectivity index (χ0) is 27.5. The van der Waals surface area contributed by atoms with Crippen LogP contribution in [0.3, 0.4) is 0 Å². The molecule has 2 aromatic rings. The van der Waals surface area contributed by atoms with Gasteiger partial charge in [0.25, 0.3) is 0 Å². The first-order valence-corrected chi connectivity index (χ1v) is 15.2. The smallest absolute Gasteiger partial charge is 0.345 e. The summed E-state index contributed by atoms with van der Waals surface area (Å²) in [7, 11) is -5.85. The molecule has 0 radical (unpaired) electrons. The largest absolute Gasteiger partial charge is 0.506 e. The van der Waals surface area contributed by atoms with Crippen molar-refractivity contribution in [1.82, 2.24) is 10.0 Å². The van der Waals surface area contributed by atoms with Gasteiger partial charge in [-0.2, -0.15) is 8.42 Å². The maximum absolute atomic E-state index is 11.6. The topological polar surface area (TPSA) is 185 Å². The van der Waals surface area contributed by atoms with E-state index in [0.717, 1.165) is 37.9 Å². The number of anilines is 3. The molecule has 0 aromatic heterocycles. The second kappa shape index (κ2) is 11.1. The average molecular weight is 566 g/mol. The number of hydrogen-bond acceptors (Lipinski definition) is 10. The third kappa shape index (κ3) is 7.12. The summed E-state index contributed by atoms with van der Waals surface area (Å²) in [4.78, 5) is 6.14. The van der Waals surface area contributed by atoms with E-state index in [1.165, 1.54) is 19.2 Å². The van der Waals surface area contributed by atoms with Crippen molar-refractivity contribution in [1.29, 1.82) is 0 Å². The van der Waals surface area contributed by atoms with Gasteiger partial charge in [0.2, 0.25) is 10.0 Å². The van der Waals surface area contributed by atoms with Crippen LogP contribution in [-0.4, -0.2) is 77.7 Å². The van der Waals surface area contributed by atoms with Gasteiger partial charge in [0.05, 0.1) is 18.0 Å². The van der Waals surface area contributed by atoms with E-state index in [0.29, 0.717) is 11.3 Å². The summed E-state index contributed by atoms with van der Waals surface area (Å²) in [6.07, 6.45) is 1.84. The number of nitrogens with zero attached hydrogens (tertiary/aromatic N) is 3. The molecule has 2 aliphatic heterocycles. The third-order valence-electron chi connectivity index (χ3n) is 6.18. The molecule has 1 saturated heterocycles. The van der Waals surface area contributed by atoms with Crippen LogP contribution in [0.1, 0.15) is 24.5 Å². The second-order valence-corrected chi connectivity index (χ2v) is 12.2. The lowest BCUT2D eigenvalue weighted by Gasteiger charge is -2.34. The number of phenolic OH excluding ortho intramolecular Hbond substituents is 1. The fraction of sp³-hybridized carbons (Fsp3) is 0.391. The normalized spacial score (nSPS) is 19.6. The second-order valence-electron chi connectivity index (χ2n) is 9.10. The Morgan fingerprint density at radius 1 is 1.18 bits per heavy atom. The summed E-state index contributed by atoms with van der Waals surface area (Å²) in [5.74, 6) is 0.0852. The number of piperidine rings is 1. The van der Waals surface area contributed by atoms with Crippen LogP contribution in [0.25, 0.3) is 0 Å². The zero-order valence-corrected chi connectivity index (χ0v) is 22.6. The first kappa shape index (κ1) is 27.6. The van der Waals surface area contributed by atoms with Crippen molar-refractivity contribution in [2.24, 2.45) is 9.39 Å². The summed E-state index contributed by atoms with van der Waals surface area (Å²) in [6, 6.07) is 12.1. The standard InChI is InChI=1S/C23H31N7O6S2/c1-24-22-23(29-38(35,36)28-22)26-17-4-6-18(7-5-17)30-11-9-16(10-12-30)25-14-21(32)15-3-8-20(31)19(13-15)27-37(2,33)34/h3-8,13,16,21,25,27,31-32H,9-12,14H2,1-2H3,(H,24,28)(H,26,29)/t21-/m0/s1. The molecule has 0 bridgehead atoms. The van der Waals surface area contributed by atoms with Crippen LogP contribution in [0.2, 0.25) is 0 Å². The predicted octanol–water partition coefficient (Wildman–Crippen LogP) is 0.742. The number of aliphatic hydroxyl groups excluding tert-OH is 1. The van der Waals surface area contributed by atoms with E-state index in [1.807, 2.05) is 24.3 Å². The van der Waals surface area contributed by atoms with Crippen LogP contribution in [0, 0.1) is 0 Å². The minimum Gasteiger partial charge on any atom is -0.506 e. The molecule has 15 heteroatoms. The van der Waals surface area contributed by atoms with Crippen molar-refractivity contribution in [3.63, 3.8) is 0 Å². The number of sulfonamides is 1. The highest BCUT2D eigenvalue weighted by Crippen LogP contribution is 2.28. The number of aliphatic imine (C=N–C) groups is 1. The number of phenols is 1. The molecular formula is C23H31N7O6S2. The summed E-state index contributed by atoms with van der Waals surface area (Å²) in [5.41, 5.74) is 2.23. The first-order chi connectivity index (χ1) is 17.9. The molecule has 38 heavy (non-hydrogen) atoms. The molecular weight excluding hydrogens is 534 g/mol. The SMILES string of the molecule is CN=C1NS(=O)(=O)N=C1Nc1ccc(N2CCC(NC[C@H](O)c3ccc(O)c(NS(C)(=O)=O)c3)CC2)cc1. The number of rotatable bonds is 8. The Labute approximate surface area is 221 Å². The zero-order valence-electron chi connectivity index (χ0n) is 20.9. The quantitative estimate of drug-likeness (QED) is 0.251. The predicted molar refractivity (Wildman–Crippen MR) is 148 cm³/mol.